The lowest BCUT2D eigenvalue weighted by Crippen LogP contribution is -2.57. The summed E-state index contributed by atoms with van der Waals surface area (Å²) in [4.78, 5) is 12.2. The molecule has 2 amide bonds. The predicted molar refractivity (Wildman–Crippen MR) is 62.0 cm³/mol. The summed E-state index contributed by atoms with van der Waals surface area (Å²) in [7, 11) is 0. The lowest BCUT2D eigenvalue weighted by molar-refractivity contribution is 0.0478. The summed E-state index contributed by atoms with van der Waals surface area (Å²) in [6.45, 7) is 0.989. The highest BCUT2D eigenvalue weighted by Gasteiger charge is 2.31. The maximum absolute atomic E-state index is 10.7. The number of carbonyl (C=O) groups excluding carboxylic acids is 1. The van der Waals surface area contributed by atoms with Crippen LogP contribution < -0.4 is 10.5 Å². The Balaban J connectivity index is 1.94. The minimum atomic E-state index is -0.429. The van der Waals surface area contributed by atoms with Crippen LogP contribution in [0, 0.1) is 0 Å². The number of likely N-dealkylation sites (tertiary alicyclic amines) is 1. The van der Waals surface area contributed by atoms with Gasteiger partial charge in [-0.2, -0.15) is 0 Å². The van der Waals surface area contributed by atoms with Crippen molar-refractivity contribution in [3.8, 4) is 5.75 Å². The van der Waals surface area contributed by atoms with Crippen LogP contribution in [0.3, 0.4) is 0 Å². The van der Waals surface area contributed by atoms with Gasteiger partial charge in [0, 0.05) is 5.02 Å². The van der Waals surface area contributed by atoms with Crippen molar-refractivity contribution in [2.24, 2.45) is 5.73 Å². The van der Waals surface area contributed by atoms with E-state index in [1.807, 2.05) is 0 Å². The molecule has 16 heavy (non-hydrogen) atoms. The fraction of sp³-hybridized carbons (Fsp3) is 0.300. The van der Waals surface area contributed by atoms with E-state index in [9.17, 15) is 4.79 Å². The van der Waals surface area contributed by atoms with E-state index in [-0.39, 0.29) is 6.10 Å². The molecule has 4 nitrogen and oxygen atoms in total. The number of rotatable bonds is 2. The molecular formula is C10H10Cl2N2O2. The second-order valence-electron chi connectivity index (χ2n) is 3.56. The summed E-state index contributed by atoms with van der Waals surface area (Å²) in [5.41, 5.74) is 5.09. The molecule has 0 aliphatic carbocycles. The van der Waals surface area contributed by atoms with E-state index < -0.39 is 6.03 Å². The number of nitrogens with two attached hydrogens (primary N) is 1. The molecule has 1 aromatic rings. The minimum Gasteiger partial charge on any atom is -0.485 e. The molecule has 0 radical (unpaired) electrons. The van der Waals surface area contributed by atoms with Crippen LogP contribution in [-0.2, 0) is 0 Å². The Morgan fingerprint density at radius 3 is 2.69 bits per heavy atom. The Kier molecular flexibility index (Phi) is 3.12. The van der Waals surface area contributed by atoms with Gasteiger partial charge >= 0.3 is 6.03 Å². The van der Waals surface area contributed by atoms with Crippen LogP contribution in [0.4, 0.5) is 4.79 Å². The largest absolute Gasteiger partial charge is 0.485 e. The number of carbonyl (C=O) groups is 1. The molecule has 1 aliphatic heterocycles. The second-order valence-corrected chi connectivity index (χ2v) is 4.40. The van der Waals surface area contributed by atoms with Crippen molar-refractivity contribution >= 4 is 29.2 Å². The number of nitrogens with zero attached hydrogens (tertiary/aromatic N) is 1. The van der Waals surface area contributed by atoms with Gasteiger partial charge in [0.2, 0.25) is 0 Å². The Morgan fingerprint density at radius 2 is 2.12 bits per heavy atom. The minimum absolute atomic E-state index is 0.0498. The first-order valence-corrected chi connectivity index (χ1v) is 5.48. The maximum Gasteiger partial charge on any atom is 0.315 e. The molecule has 1 aromatic carbocycles. The highest BCUT2D eigenvalue weighted by molar-refractivity contribution is 6.35. The second kappa shape index (κ2) is 4.39. The van der Waals surface area contributed by atoms with Crippen molar-refractivity contribution in [2.45, 2.75) is 6.10 Å². The van der Waals surface area contributed by atoms with Crippen molar-refractivity contribution in [3.05, 3.63) is 28.2 Å². The van der Waals surface area contributed by atoms with E-state index in [0.29, 0.717) is 28.9 Å². The Labute approximate surface area is 103 Å². The molecule has 0 aromatic heterocycles. The lowest BCUT2D eigenvalue weighted by Gasteiger charge is -2.37. The molecule has 0 atom stereocenters. The fourth-order valence-corrected chi connectivity index (χ4v) is 1.90. The first-order chi connectivity index (χ1) is 7.56. The van der Waals surface area contributed by atoms with Crippen molar-refractivity contribution < 1.29 is 9.53 Å². The number of hydrogen-bond acceptors (Lipinski definition) is 2. The van der Waals surface area contributed by atoms with Crippen LogP contribution in [0.2, 0.25) is 10.0 Å². The number of ether oxygens (including phenoxy) is 1. The number of primary amides is 1. The molecule has 1 heterocycles. The average molecular weight is 261 g/mol. The van der Waals surface area contributed by atoms with Gasteiger partial charge < -0.3 is 15.4 Å². The first-order valence-electron chi connectivity index (χ1n) is 4.72. The molecule has 0 saturated carbocycles. The highest BCUT2D eigenvalue weighted by Crippen LogP contribution is 2.29. The van der Waals surface area contributed by atoms with Crippen LogP contribution >= 0.6 is 23.2 Å². The van der Waals surface area contributed by atoms with Crippen LogP contribution in [0.25, 0.3) is 0 Å². The zero-order valence-electron chi connectivity index (χ0n) is 8.32. The van der Waals surface area contributed by atoms with Crippen molar-refractivity contribution in [3.63, 3.8) is 0 Å². The topological polar surface area (TPSA) is 55.6 Å². The molecule has 1 aliphatic rings. The number of halogens is 2. The molecule has 86 valence electrons. The van der Waals surface area contributed by atoms with E-state index in [1.54, 1.807) is 18.2 Å². The third kappa shape index (κ3) is 2.33. The molecule has 2 rings (SSSR count). The molecule has 0 spiro atoms. The van der Waals surface area contributed by atoms with Crippen molar-refractivity contribution in [1.82, 2.24) is 4.90 Å². The third-order valence-corrected chi connectivity index (χ3v) is 2.88. The summed E-state index contributed by atoms with van der Waals surface area (Å²) in [5, 5.41) is 1.02. The molecule has 1 saturated heterocycles. The van der Waals surface area contributed by atoms with Gasteiger partial charge in [0.15, 0.2) is 0 Å². The molecule has 2 N–H and O–H groups in total. The van der Waals surface area contributed by atoms with Crippen molar-refractivity contribution in [1.29, 1.82) is 0 Å². The van der Waals surface area contributed by atoms with Gasteiger partial charge in [-0.3, -0.25) is 0 Å². The Bertz CT molecular complexity index is 419. The van der Waals surface area contributed by atoms with Crippen LogP contribution in [0.15, 0.2) is 18.2 Å². The van der Waals surface area contributed by atoms with Crippen LogP contribution in [0.1, 0.15) is 0 Å². The number of benzene rings is 1. The molecule has 1 fully saturated rings. The summed E-state index contributed by atoms with van der Waals surface area (Å²) < 4.78 is 5.58. The monoisotopic (exact) mass is 260 g/mol. The fourth-order valence-electron chi connectivity index (χ4n) is 1.44. The van der Waals surface area contributed by atoms with Gasteiger partial charge in [0.1, 0.15) is 11.9 Å². The van der Waals surface area contributed by atoms with Gasteiger partial charge in [-0.05, 0) is 18.2 Å². The third-order valence-electron chi connectivity index (χ3n) is 2.35. The number of urea groups is 1. The van der Waals surface area contributed by atoms with Gasteiger partial charge in [0.25, 0.3) is 0 Å². The summed E-state index contributed by atoms with van der Waals surface area (Å²) >= 11 is 11.7. The summed E-state index contributed by atoms with van der Waals surface area (Å²) in [5.74, 6) is 0.570. The normalized spacial score (nSPS) is 15.8. The van der Waals surface area contributed by atoms with Gasteiger partial charge in [-0.1, -0.05) is 23.2 Å². The lowest BCUT2D eigenvalue weighted by atomic mass is 10.2. The van der Waals surface area contributed by atoms with E-state index >= 15 is 0 Å². The summed E-state index contributed by atoms with van der Waals surface area (Å²) in [6.07, 6.45) is -0.0498. The molecule has 0 bridgehead atoms. The van der Waals surface area contributed by atoms with E-state index in [2.05, 4.69) is 0 Å². The predicted octanol–water partition coefficient (Wildman–Crippen LogP) is 2.14. The zero-order chi connectivity index (χ0) is 11.7. The smallest absolute Gasteiger partial charge is 0.315 e. The quantitative estimate of drug-likeness (QED) is 0.886. The SMILES string of the molecule is NC(=O)N1CC(Oc2ccc(Cl)cc2Cl)C1. The van der Waals surface area contributed by atoms with E-state index in [1.165, 1.54) is 4.90 Å². The highest BCUT2D eigenvalue weighted by atomic mass is 35.5. The van der Waals surface area contributed by atoms with Gasteiger partial charge in [-0.15, -0.1) is 0 Å². The van der Waals surface area contributed by atoms with Gasteiger partial charge in [-0.25, -0.2) is 4.79 Å². The number of hydrogen-bond donors (Lipinski definition) is 1. The number of amides is 2. The van der Waals surface area contributed by atoms with E-state index in [4.69, 9.17) is 33.7 Å². The van der Waals surface area contributed by atoms with E-state index in [0.717, 1.165) is 0 Å². The molecule has 6 heteroatoms. The molecule has 0 unspecified atom stereocenters. The zero-order valence-corrected chi connectivity index (χ0v) is 9.83. The standard InChI is InChI=1S/C10H10Cl2N2O2/c11-6-1-2-9(8(12)3-6)16-7-4-14(5-7)10(13)15/h1-3,7H,4-5H2,(H2,13,15). The first kappa shape index (κ1) is 11.4. The Hall–Kier alpha value is -1.13. The average Bonchev–Trinajstić information content (AvgIpc) is 2.12. The van der Waals surface area contributed by atoms with Crippen molar-refractivity contribution in [2.75, 3.05) is 13.1 Å². The van der Waals surface area contributed by atoms with Gasteiger partial charge in [0.05, 0.1) is 18.1 Å². The molecular weight excluding hydrogens is 251 g/mol. The maximum atomic E-state index is 10.7. The van der Waals surface area contributed by atoms with Crippen LogP contribution in [-0.4, -0.2) is 30.1 Å². The van der Waals surface area contributed by atoms with Crippen LogP contribution in [0.5, 0.6) is 5.75 Å². The summed E-state index contributed by atoms with van der Waals surface area (Å²) in [6, 6.07) is 4.59. The Morgan fingerprint density at radius 1 is 1.44 bits per heavy atom.